The number of carbonyl (C=O) groups is 3. The van der Waals surface area contributed by atoms with Crippen LogP contribution in [0, 0.1) is 0 Å². The van der Waals surface area contributed by atoms with Crippen molar-refractivity contribution in [2.24, 2.45) is 5.73 Å². The lowest BCUT2D eigenvalue weighted by molar-refractivity contribution is -0.141. The van der Waals surface area contributed by atoms with Gasteiger partial charge in [-0.25, -0.2) is 4.98 Å². The summed E-state index contributed by atoms with van der Waals surface area (Å²) < 4.78 is 0. The van der Waals surface area contributed by atoms with Crippen molar-refractivity contribution in [1.29, 1.82) is 0 Å². The van der Waals surface area contributed by atoms with Crippen molar-refractivity contribution in [2.45, 2.75) is 57.2 Å². The molecule has 4 N–H and O–H groups in total. The standard InChI is InChI=1S/C34H46N8O3/c1-3-39(4-2)19-20-41-25-42(28-13-9-6-10-14-28)34(33(41)45)15-17-40(18-16-34)32(44)30(21-26-11-7-5-8-12-26)38-31(43)29(35)22-27-23-36-24-37-27/h5-14,23-24,29-30H,3-4,15-22,25,35H2,1-2H3,(H,36,37)(H,38,43)/t29?,30-/m1/s1. The number of para-hydroxylation sites is 1. The van der Waals surface area contributed by atoms with Crippen LogP contribution < -0.4 is 16.0 Å². The second kappa shape index (κ2) is 14.7. The van der Waals surface area contributed by atoms with Crippen LogP contribution in [0.25, 0.3) is 0 Å². The number of nitrogens with zero attached hydrogens (tertiary/aromatic N) is 5. The van der Waals surface area contributed by atoms with E-state index in [9.17, 15) is 14.4 Å². The molecule has 2 saturated heterocycles. The maximum atomic E-state index is 14.1. The molecule has 2 aromatic carbocycles. The number of nitrogens with one attached hydrogen (secondary N) is 2. The molecule has 2 fully saturated rings. The molecular weight excluding hydrogens is 568 g/mol. The first kappa shape index (κ1) is 32.2. The number of benzene rings is 2. The molecule has 2 aliphatic heterocycles. The number of anilines is 1. The van der Waals surface area contributed by atoms with E-state index in [4.69, 9.17) is 5.73 Å². The first-order valence-corrected chi connectivity index (χ1v) is 16.1. The highest BCUT2D eigenvalue weighted by molar-refractivity contribution is 5.94. The maximum Gasteiger partial charge on any atom is 0.250 e. The lowest BCUT2D eigenvalue weighted by Gasteiger charge is -2.44. The van der Waals surface area contributed by atoms with Crippen molar-refractivity contribution in [2.75, 3.05) is 50.8 Å². The Morgan fingerprint density at radius 1 is 1.02 bits per heavy atom. The van der Waals surface area contributed by atoms with Crippen molar-refractivity contribution in [3.63, 3.8) is 0 Å². The largest absolute Gasteiger partial charge is 0.351 e. The lowest BCUT2D eigenvalue weighted by Crippen LogP contribution is -2.60. The molecule has 2 aliphatic rings. The van der Waals surface area contributed by atoms with Crippen molar-refractivity contribution < 1.29 is 14.4 Å². The molecule has 0 saturated carbocycles. The number of likely N-dealkylation sites (N-methyl/N-ethyl adjacent to an activating group) is 1. The Labute approximate surface area is 265 Å². The molecule has 2 atom stereocenters. The molecule has 1 spiro atoms. The van der Waals surface area contributed by atoms with Crippen LogP contribution in [0.5, 0.6) is 0 Å². The summed E-state index contributed by atoms with van der Waals surface area (Å²) in [5.41, 5.74) is 8.14. The number of aromatic nitrogens is 2. The quantitative estimate of drug-likeness (QED) is 0.269. The van der Waals surface area contributed by atoms with E-state index in [1.807, 2.05) is 53.4 Å². The minimum atomic E-state index is -0.845. The minimum absolute atomic E-state index is 0.129. The molecule has 3 amide bonds. The average Bonchev–Trinajstić information content (AvgIpc) is 3.68. The van der Waals surface area contributed by atoms with E-state index in [-0.39, 0.29) is 18.2 Å². The predicted molar refractivity (Wildman–Crippen MR) is 174 cm³/mol. The van der Waals surface area contributed by atoms with Gasteiger partial charge in [0.1, 0.15) is 11.6 Å². The molecule has 5 rings (SSSR count). The van der Waals surface area contributed by atoms with Gasteiger partial charge in [-0.1, -0.05) is 62.4 Å². The Morgan fingerprint density at radius 3 is 2.31 bits per heavy atom. The number of hydrogen-bond donors (Lipinski definition) is 3. The monoisotopic (exact) mass is 614 g/mol. The van der Waals surface area contributed by atoms with Gasteiger partial charge in [-0.15, -0.1) is 0 Å². The number of carbonyl (C=O) groups excluding carboxylic acids is 3. The summed E-state index contributed by atoms with van der Waals surface area (Å²) in [5.74, 6) is -0.431. The predicted octanol–water partition coefficient (Wildman–Crippen LogP) is 2.02. The lowest BCUT2D eigenvalue weighted by atomic mass is 9.85. The van der Waals surface area contributed by atoms with Crippen LogP contribution in [0.15, 0.2) is 73.2 Å². The van der Waals surface area contributed by atoms with Gasteiger partial charge in [-0.3, -0.25) is 14.4 Å². The fourth-order valence-corrected chi connectivity index (χ4v) is 6.54. The summed E-state index contributed by atoms with van der Waals surface area (Å²) >= 11 is 0. The van der Waals surface area contributed by atoms with Crippen molar-refractivity contribution in [1.82, 2.24) is 30.0 Å². The molecular formula is C34H46N8O3. The topological polar surface area (TPSA) is 131 Å². The molecule has 0 aliphatic carbocycles. The van der Waals surface area contributed by atoms with Crippen LogP contribution in [0.1, 0.15) is 37.9 Å². The summed E-state index contributed by atoms with van der Waals surface area (Å²) in [7, 11) is 0. The molecule has 240 valence electrons. The van der Waals surface area contributed by atoms with E-state index in [0.29, 0.717) is 51.3 Å². The molecule has 1 aromatic heterocycles. The Kier molecular flexibility index (Phi) is 10.5. The molecule has 0 radical (unpaired) electrons. The summed E-state index contributed by atoms with van der Waals surface area (Å²) in [6, 6.07) is 18.1. The van der Waals surface area contributed by atoms with Gasteiger partial charge in [-0.2, -0.15) is 0 Å². The SMILES string of the molecule is CCN(CC)CCN1CN(c2ccccc2)C2(CCN(C(=O)[C@@H](Cc3ccccc3)NC(=O)C(N)Cc3c[nH]cn3)CC2)C1=O. The Morgan fingerprint density at radius 2 is 1.69 bits per heavy atom. The van der Waals surface area contributed by atoms with E-state index in [0.717, 1.165) is 30.9 Å². The van der Waals surface area contributed by atoms with Gasteiger partial charge < -0.3 is 35.6 Å². The number of H-pyrrole nitrogens is 1. The number of hydrogen-bond acceptors (Lipinski definition) is 7. The molecule has 1 unspecified atom stereocenters. The number of likely N-dealkylation sites (tertiary alicyclic amines) is 1. The van der Waals surface area contributed by atoms with Gasteiger partial charge in [0.2, 0.25) is 17.7 Å². The van der Waals surface area contributed by atoms with Crippen LogP contribution in [0.2, 0.25) is 0 Å². The normalized spacial score (nSPS) is 17.6. The fourth-order valence-electron chi connectivity index (χ4n) is 6.54. The smallest absolute Gasteiger partial charge is 0.250 e. The van der Waals surface area contributed by atoms with Crippen LogP contribution in [0.3, 0.4) is 0 Å². The molecule has 11 nitrogen and oxygen atoms in total. The van der Waals surface area contributed by atoms with Crippen LogP contribution in [-0.4, -0.2) is 106 Å². The van der Waals surface area contributed by atoms with Crippen LogP contribution in [0.4, 0.5) is 5.69 Å². The Bertz CT molecular complexity index is 1390. The molecule has 3 heterocycles. The van der Waals surface area contributed by atoms with E-state index in [1.54, 1.807) is 17.4 Å². The van der Waals surface area contributed by atoms with Crippen molar-refractivity contribution >= 4 is 23.4 Å². The summed E-state index contributed by atoms with van der Waals surface area (Å²) in [6.45, 7) is 9.01. The molecule has 3 aromatic rings. The highest BCUT2D eigenvalue weighted by Crippen LogP contribution is 2.39. The van der Waals surface area contributed by atoms with E-state index < -0.39 is 23.5 Å². The van der Waals surface area contributed by atoms with Gasteiger partial charge >= 0.3 is 0 Å². The van der Waals surface area contributed by atoms with E-state index in [1.165, 1.54) is 0 Å². The Hall–Kier alpha value is -4.22. The third-order valence-electron chi connectivity index (χ3n) is 9.28. The first-order valence-electron chi connectivity index (χ1n) is 16.1. The molecule has 0 bridgehead atoms. The highest BCUT2D eigenvalue weighted by atomic mass is 16.2. The summed E-state index contributed by atoms with van der Waals surface area (Å²) in [6.07, 6.45) is 4.88. The van der Waals surface area contributed by atoms with Gasteiger partial charge in [0.05, 0.1) is 24.7 Å². The van der Waals surface area contributed by atoms with Gasteiger partial charge in [0.25, 0.3) is 0 Å². The number of nitrogens with two attached hydrogens (primary N) is 1. The third-order valence-corrected chi connectivity index (χ3v) is 9.28. The number of aromatic amines is 1. The van der Waals surface area contributed by atoms with Gasteiger partial charge in [-0.05, 0) is 43.6 Å². The minimum Gasteiger partial charge on any atom is -0.351 e. The maximum absolute atomic E-state index is 14.1. The fraction of sp³-hybridized carbons (Fsp3) is 0.471. The van der Waals surface area contributed by atoms with E-state index in [2.05, 4.69) is 51.1 Å². The van der Waals surface area contributed by atoms with Crippen molar-refractivity contribution in [3.05, 3.63) is 84.4 Å². The van der Waals surface area contributed by atoms with Gasteiger partial charge in [0.15, 0.2) is 0 Å². The summed E-state index contributed by atoms with van der Waals surface area (Å²) in [4.78, 5) is 56.8. The zero-order valence-corrected chi connectivity index (χ0v) is 26.4. The zero-order valence-electron chi connectivity index (χ0n) is 26.4. The number of rotatable bonds is 13. The van der Waals surface area contributed by atoms with Crippen LogP contribution >= 0.6 is 0 Å². The second-order valence-corrected chi connectivity index (χ2v) is 12.0. The second-order valence-electron chi connectivity index (χ2n) is 12.0. The average molecular weight is 615 g/mol. The number of amides is 3. The van der Waals surface area contributed by atoms with Gasteiger partial charge in [0, 0.05) is 50.9 Å². The first-order chi connectivity index (χ1) is 21.8. The third kappa shape index (κ3) is 7.37. The summed E-state index contributed by atoms with van der Waals surface area (Å²) in [5, 5.41) is 2.94. The van der Waals surface area contributed by atoms with Crippen LogP contribution in [-0.2, 0) is 27.2 Å². The highest BCUT2D eigenvalue weighted by Gasteiger charge is 2.54. The molecule has 45 heavy (non-hydrogen) atoms. The van der Waals surface area contributed by atoms with Crippen molar-refractivity contribution in [3.8, 4) is 0 Å². The van der Waals surface area contributed by atoms with E-state index >= 15 is 0 Å². The Balaban J connectivity index is 1.31. The number of imidazole rings is 1. The molecule has 11 heteroatoms. The zero-order chi connectivity index (χ0) is 31.8. The number of piperidine rings is 1.